The Hall–Kier alpha value is -4.50. The molecule has 2 aromatic carbocycles. The summed E-state index contributed by atoms with van der Waals surface area (Å²) in [6.07, 6.45) is 4.98. The molecule has 0 spiro atoms. The van der Waals surface area contributed by atoms with E-state index in [1.54, 1.807) is 66.6 Å². The standard InChI is InChI=1S/C26H22ClN7O2/c1-33(26(35)17-6-5-7-18(27)14-17)16-34-21-9-4-3-8-20(21)23(32-34)25-29-15-22(36-2)24(31-25)30-19-10-12-28-13-11-19/h3-15H,16H2,1-2H3,(H,28,29,30,31). The van der Waals surface area contributed by atoms with Crippen LogP contribution >= 0.6 is 11.6 Å². The van der Waals surface area contributed by atoms with Crippen LogP contribution in [0.4, 0.5) is 11.5 Å². The fraction of sp³-hybridized carbons (Fsp3) is 0.115. The zero-order chi connectivity index (χ0) is 25.1. The number of hydrogen-bond acceptors (Lipinski definition) is 7. The zero-order valence-corrected chi connectivity index (χ0v) is 20.3. The number of carbonyl (C=O) groups excluding carboxylic acids is 1. The second kappa shape index (κ2) is 10.0. The van der Waals surface area contributed by atoms with Gasteiger partial charge in [0.1, 0.15) is 12.4 Å². The van der Waals surface area contributed by atoms with Crippen LogP contribution in [0.15, 0.2) is 79.3 Å². The van der Waals surface area contributed by atoms with Gasteiger partial charge in [-0.3, -0.25) is 9.78 Å². The quantitative estimate of drug-likeness (QED) is 0.335. The van der Waals surface area contributed by atoms with Crippen LogP contribution in [0.2, 0.25) is 5.02 Å². The first-order chi connectivity index (χ1) is 17.5. The smallest absolute Gasteiger partial charge is 0.255 e. The molecule has 5 aromatic rings. The third-order valence-corrected chi connectivity index (χ3v) is 5.79. The maximum Gasteiger partial charge on any atom is 0.255 e. The Morgan fingerprint density at radius 3 is 2.69 bits per heavy atom. The molecule has 0 saturated heterocycles. The van der Waals surface area contributed by atoms with Crippen molar-refractivity contribution in [2.24, 2.45) is 0 Å². The first kappa shape index (κ1) is 23.3. The highest BCUT2D eigenvalue weighted by molar-refractivity contribution is 6.30. The molecule has 0 aliphatic rings. The average molecular weight is 500 g/mol. The van der Waals surface area contributed by atoms with Crippen molar-refractivity contribution in [3.8, 4) is 17.3 Å². The Morgan fingerprint density at radius 1 is 1.11 bits per heavy atom. The van der Waals surface area contributed by atoms with Crippen molar-refractivity contribution in [3.05, 3.63) is 89.8 Å². The lowest BCUT2D eigenvalue weighted by Gasteiger charge is -2.18. The van der Waals surface area contributed by atoms with Gasteiger partial charge in [-0.1, -0.05) is 35.9 Å². The molecular weight excluding hydrogens is 478 g/mol. The van der Waals surface area contributed by atoms with Crippen molar-refractivity contribution in [3.63, 3.8) is 0 Å². The number of benzene rings is 2. The maximum atomic E-state index is 13.0. The Labute approximate surface area is 212 Å². The number of carbonyl (C=O) groups is 1. The van der Waals surface area contributed by atoms with E-state index in [1.807, 2.05) is 36.4 Å². The molecule has 10 heteroatoms. The van der Waals surface area contributed by atoms with Gasteiger partial charge in [0.25, 0.3) is 5.91 Å². The minimum absolute atomic E-state index is 0.164. The molecule has 3 heterocycles. The number of rotatable bonds is 7. The molecule has 3 aromatic heterocycles. The molecule has 0 fully saturated rings. The lowest BCUT2D eigenvalue weighted by atomic mass is 10.2. The van der Waals surface area contributed by atoms with Crippen LogP contribution < -0.4 is 10.1 Å². The normalized spacial score (nSPS) is 10.9. The fourth-order valence-corrected chi connectivity index (χ4v) is 3.99. The minimum Gasteiger partial charge on any atom is -0.491 e. The van der Waals surface area contributed by atoms with Crippen molar-refractivity contribution < 1.29 is 9.53 Å². The lowest BCUT2D eigenvalue weighted by molar-refractivity contribution is 0.0747. The molecule has 36 heavy (non-hydrogen) atoms. The summed E-state index contributed by atoms with van der Waals surface area (Å²) < 4.78 is 7.21. The Balaban J connectivity index is 1.50. The topological polar surface area (TPSA) is 98.1 Å². The van der Waals surface area contributed by atoms with Crippen LogP contribution in [0.1, 0.15) is 10.4 Å². The maximum absolute atomic E-state index is 13.0. The van der Waals surface area contributed by atoms with Gasteiger partial charge in [0, 0.05) is 41.1 Å². The Kier molecular flexibility index (Phi) is 6.46. The summed E-state index contributed by atoms with van der Waals surface area (Å²) in [4.78, 5) is 27.8. The van der Waals surface area contributed by atoms with Crippen LogP contribution in [0, 0.1) is 0 Å². The van der Waals surface area contributed by atoms with Crippen molar-refractivity contribution >= 4 is 39.9 Å². The van der Waals surface area contributed by atoms with Crippen molar-refractivity contribution in [1.29, 1.82) is 0 Å². The molecule has 0 aliphatic heterocycles. The number of methoxy groups -OCH3 is 1. The summed E-state index contributed by atoms with van der Waals surface area (Å²) in [5.41, 5.74) is 2.76. The summed E-state index contributed by atoms with van der Waals surface area (Å²) in [6, 6.07) is 18.3. The van der Waals surface area contributed by atoms with Gasteiger partial charge in [-0.05, 0) is 36.4 Å². The fourth-order valence-electron chi connectivity index (χ4n) is 3.80. The molecule has 1 N–H and O–H groups in total. The first-order valence-corrected chi connectivity index (χ1v) is 11.5. The number of aromatic nitrogens is 5. The molecule has 0 radical (unpaired) electrons. The van der Waals surface area contributed by atoms with E-state index in [0.29, 0.717) is 33.7 Å². The summed E-state index contributed by atoms with van der Waals surface area (Å²) in [7, 11) is 3.28. The van der Waals surface area contributed by atoms with E-state index in [2.05, 4.69) is 15.3 Å². The van der Waals surface area contributed by atoms with Gasteiger partial charge in [-0.25, -0.2) is 14.6 Å². The number of amides is 1. The van der Waals surface area contributed by atoms with Crippen LogP contribution in [0.25, 0.3) is 22.4 Å². The number of anilines is 2. The molecule has 9 nitrogen and oxygen atoms in total. The van der Waals surface area contributed by atoms with Gasteiger partial charge in [-0.2, -0.15) is 5.10 Å². The molecule has 0 bridgehead atoms. The number of pyridine rings is 1. The largest absolute Gasteiger partial charge is 0.491 e. The monoisotopic (exact) mass is 499 g/mol. The lowest BCUT2D eigenvalue weighted by Crippen LogP contribution is -2.29. The Bertz CT molecular complexity index is 1540. The predicted molar refractivity (Wildman–Crippen MR) is 138 cm³/mol. The van der Waals surface area contributed by atoms with Gasteiger partial charge in [0.15, 0.2) is 17.4 Å². The van der Waals surface area contributed by atoms with E-state index in [9.17, 15) is 4.79 Å². The molecule has 0 atom stereocenters. The van der Waals surface area contributed by atoms with Gasteiger partial charge in [0.2, 0.25) is 0 Å². The molecular formula is C26H22ClN7O2. The van der Waals surface area contributed by atoms with Crippen LogP contribution in [0.5, 0.6) is 5.75 Å². The molecule has 5 rings (SSSR count). The van der Waals surface area contributed by atoms with E-state index >= 15 is 0 Å². The highest BCUT2D eigenvalue weighted by Gasteiger charge is 2.19. The zero-order valence-electron chi connectivity index (χ0n) is 19.6. The van der Waals surface area contributed by atoms with Gasteiger partial charge in [-0.15, -0.1) is 0 Å². The van der Waals surface area contributed by atoms with Crippen molar-refractivity contribution in [2.45, 2.75) is 6.67 Å². The third-order valence-electron chi connectivity index (χ3n) is 5.55. The number of nitrogens with zero attached hydrogens (tertiary/aromatic N) is 6. The molecule has 1 amide bonds. The average Bonchev–Trinajstić information content (AvgIpc) is 3.27. The van der Waals surface area contributed by atoms with E-state index in [0.717, 1.165) is 16.6 Å². The van der Waals surface area contributed by atoms with Crippen molar-refractivity contribution in [1.82, 2.24) is 29.6 Å². The number of para-hydroxylation sites is 1. The second-order valence-electron chi connectivity index (χ2n) is 7.99. The molecule has 0 saturated carbocycles. The van der Waals surface area contributed by atoms with Crippen LogP contribution in [-0.2, 0) is 6.67 Å². The van der Waals surface area contributed by atoms with E-state index in [4.69, 9.17) is 26.4 Å². The van der Waals surface area contributed by atoms with Crippen LogP contribution in [-0.4, -0.2) is 49.7 Å². The van der Waals surface area contributed by atoms with E-state index in [-0.39, 0.29) is 12.6 Å². The van der Waals surface area contributed by atoms with Crippen LogP contribution in [0.3, 0.4) is 0 Å². The van der Waals surface area contributed by atoms with E-state index in [1.165, 1.54) is 0 Å². The highest BCUT2D eigenvalue weighted by atomic mass is 35.5. The number of ether oxygens (including phenoxy) is 1. The molecule has 0 unspecified atom stereocenters. The summed E-state index contributed by atoms with van der Waals surface area (Å²) in [5.74, 6) is 1.25. The third kappa shape index (κ3) is 4.69. The number of fused-ring (bicyclic) bond motifs is 1. The molecule has 0 aliphatic carbocycles. The minimum atomic E-state index is -0.164. The van der Waals surface area contributed by atoms with E-state index < -0.39 is 0 Å². The second-order valence-corrected chi connectivity index (χ2v) is 8.43. The number of halogens is 1. The Morgan fingerprint density at radius 2 is 1.92 bits per heavy atom. The van der Waals surface area contributed by atoms with Gasteiger partial charge in [0.05, 0.1) is 18.8 Å². The van der Waals surface area contributed by atoms with Gasteiger partial charge >= 0.3 is 0 Å². The summed E-state index contributed by atoms with van der Waals surface area (Å²) >= 11 is 6.07. The van der Waals surface area contributed by atoms with Crippen molar-refractivity contribution in [2.75, 3.05) is 19.5 Å². The molecule has 180 valence electrons. The number of nitrogens with one attached hydrogen (secondary N) is 1. The highest BCUT2D eigenvalue weighted by Crippen LogP contribution is 2.30. The number of hydrogen-bond donors (Lipinski definition) is 1. The summed E-state index contributed by atoms with van der Waals surface area (Å²) in [5, 5.41) is 9.40. The summed E-state index contributed by atoms with van der Waals surface area (Å²) in [6.45, 7) is 0.226. The SMILES string of the molecule is COc1cnc(-c2nn(CN(C)C(=O)c3cccc(Cl)c3)c3ccccc23)nc1Nc1ccncc1. The predicted octanol–water partition coefficient (Wildman–Crippen LogP) is 5.02. The van der Waals surface area contributed by atoms with Gasteiger partial charge < -0.3 is 15.0 Å². The first-order valence-electron chi connectivity index (χ1n) is 11.1.